The third kappa shape index (κ3) is 3.41. The molecule has 1 atom stereocenters. The number of fused-ring (bicyclic) bond motifs is 2. The van der Waals surface area contributed by atoms with Crippen molar-refractivity contribution in [3.63, 3.8) is 0 Å². The number of hydrogen-bond acceptors (Lipinski definition) is 3. The van der Waals surface area contributed by atoms with Gasteiger partial charge in [0, 0.05) is 35.1 Å². The van der Waals surface area contributed by atoms with Gasteiger partial charge in [-0.1, -0.05) is 23.9 Å². The molecule has 6 heteroatoms. The Morgan fingerprint density at radius 3 is 2.78 bits per heavy atom. The summed E-state index contributed by atoms with van der Waals surface area (Å²) in [7, 11) is 1.78. The van der Waals surface area contributed by atoms with E-state index in [-0.39, 0.29) is 18.0 Å². The summed E-state index contributed by atoms with van der Waals surface area (Å²) in [5.74, 6) is -0.0371. The second kappa shape index (κ2) is 7.27. The van der Waals surface area contributed by atoms with Gasteiger partial charge >= 0.3 is 6.03 Å². The van der Waals surface area contributed by atoms with Gasteiger partial charge < -0.3 is 15.1 Å². The zero-order chi connectivity index (χ0) is 19.0. The number of carbonyl (C=O) groups excluding carboxylic acids is 2. The van der Waals surface area contributed by atoms with E-state index in [2.05, 4.69) is 12.2 Å². The van der Waals surface area contributed by atoms with Gasteiger partial charge in [-0.3, -0.25) is 4.79 Å². The Bertz CT molecular complexity index is 899. The fourth-order valence-electron chi connectivity index (χ4n) is 3.68. The molecule has 5 nitrogen and oxygen atoms in total. The standard InChI is InChI=1S/C21H23N3O2S/c1-14-7-5-6-12-24(14)21(26)22-15-10-11-19-17(13-15)23(2)20(25)16-8-3-4-9-18(16)27-19/h3-4,8-11,13-14H,5-7,12H2,1-2H3,(H,22,26). The number of carbonyl (C=O) groups is 2. The minimum absolute atomic E-state index is 0.0371. The van der Waals surface area contributed by atoms with Crippen molar-refractivity contribution in [2.75, 3.05) is 23.8 Å². The summed E-state index contributed by atoms with van der Waals surface area (Å²) in [5.41, 5.74) is 2.22. The molecule has 2 aliphatic heterocycles. The average molecular weight is 382 g/mol. The lowest BCUT2D eigenvalue weighted by atomic mass is 10.0. The Kier molecular flexibility index (Phi) is 4.83. The summed E-state index contributed by atoms with van der Waals surface area (Å²) in [6.45, 7) is 2.89. The van der Waals surface area contributed by atoms with Gasteiger partial charge in [-0.15, -0.1) is 0 Å². The van der Waals surface area contributed by atoms with Crippen molar-refractivity contribution in [3.05, 3.63) is 48.0 Å². The molecule has 2 aliphatic rings. The zero-order valence-electron chi connectivity index (χ0n) is 15.6. The third-order valence-corrected chi connectivity index (χ3v) is 6.42. The summed E-state index contributed by atoms with van der Waals surface area (Å²) >= 11 is 1.58. The minimum atomic E-state index is -0.0688. The van der Waals surface area contributed by atoms with Gasteiger partial charge in [0.1, 0.15) is 0 Å². The normalized spacial score (nSPS) is 19.2. The van der Waals surface area contributed by atoms with Gasteiger partial charge in [-0.05, 0) is 56.5 Å². The Morgan fingerprint density at radius 2 is 1.96 bits per heavy atom. The lowest BCUT2D eigenvalue weighted by molar-refractivity contribution is 0.0990. The Hall–Kier alpha value is -2.47. The van der Waals surface area contributed by atoms with Gasteiger partial charge in [-0.2, -0.15) is 0 Å². The number of hydrogen-bond donors (Lipinski definition) is 1. The number of nitrogens with one attached hydrogen (secondary N) is 1. The fourth-order valence-corrected chi connectivity index (χ4v) is 4.76. The van der Waals surface area contributed by atoms with Crippen molar-refractivity contribution in [2.24, 2.45) is 0 Å². The van der Waals surface area contributed by atoms with E-state index in [1.807, 2.05) is 47.4 Å². The number of piperidine rings is 1. The SMILES string of the molecule is CC1CCCCN1C(=O)Nc1ccc2c(c1)N(C)C(=O)c1ccccc1S2. The van der Waals surface area contributed by atoms with E-state index in [4.69, 9.17) is 0 Å². The van der Waals surface area contributed by atoms with Crippen LogP contribution in [0.1, 0.15) is 36.5 Å². The quantitative estimate of drug-likeness (QED) is 0.769. The number of urea groups is 1. The first kappa shape index (κ1) is 17.9. The molecule has 2 aromatic rings. The molecule has 0 bridgehead atoms. The molecule has 27 heavy (non-hydrogen) atoms. The highest BCUT2D eigenvalue weighted by molar-refractivity contribution is 7.99. The first-order valence-corrected chi connectivity index (χ1v) is 10.1. The van der Waals surface area contributed by atoms with Crippen LogP contribution in [0.4, 0.5) is 16.2 Å². The molecule has 140 valence electrons. The molecule has 2 heterocycles. The molecule has 0 aliphatic carbocycles. The van der Waals surface area contributed by atoms with E-state index in [1.165, 1.54) is 6.42 Å². The smallest absolute Gasteiger partial charge is 0.322 e. The van der Waals surface area contributed by atoms with Crippen molar-refractivity contribution in [1.82, 2.24) is 4.90 Å². The number of benzene rings is 2. The first-order chi connectivity index (χ1) is 13.0. The second-order valence-electron chi connectivity index (χ2n) is 7.11. The summed E-state index contributed by atoms with van der Waals surface area (Å²) in [6.07, 6.45) is 3.27. The summed E-state index contributed by atoms with van der Waals surface area (Å²) < 4.78 is 0. The molecule has 0 radical (unpaired) electrons. The largest absolute Gasteiger partial charge is 0.322 e. The van der Waals surface area contributed by atoms with E-state index in [0.29, 0.717) is 11.3 Å². The van der Waals surface area contributed by atoms with Crippen LogP contribution in [-0.2, 0) is 0 Å². The molecule has 4 rings (SSSR count). The van der Waals surface area contributed by atoms with E-state index in [9.17, 15) is 9.59 Å². The van der Waals surface area contributed by atoms with Gasteiger partial charge in [0.15, 0.2) is 0 Å². The summed E-state index contributed by atoms with van der Waals surface area (Å²) in [5, 5.41) is 3.01. The summed E-state index contributed by atoms with van der Waals surface area (Å²) in [6, 6.07) is 13.6. The molecular weight excluding hydrogens is 358 g/mol. The van der Waals surface area contributed by atoms with Crippen LogP contribution in [0.5, 0.6) is 0 Å². The lowest BCUT2D eigenvalue weighted by Gasteiger charge is -2.33. The second-order valence-corrected chi connectivity index (χ2v) is 8.20. The monoisotopic (exact) mass is 381 g/mol. The van der Waals surface area contributed by atoms with Crippen molar-refractivity contribution in [1.29, 1.82) is 0 Å². The molecule has 1 saturated heterocycles. The zero-order valence-corrected chi connectivity index (χ0v) is 16.4. The number of rotatable bonds is 1. The van der Waals surface area contributed by atoms with Gasteiger partial charge in [0.2, 0.25) is 0 Å². The van der Waals surface area contributed by atoms with Crippen LogP contribution in [0.3, 0.4) is 0 Å². The first-order valence-electron chi connectivity index (χ1n) is 9.31. The highest BCUT2D eigenvalue weighted by atomic mass is 32.2. The van der Waals surface area contributed by atoms with Crippen LogP contribution < -0.4 is 10.2 Å². The topological polar surface area (TPSA) is 52.7 Å². The molecule has 0 saturated carbocycles. The van der Waals surface area contributed by atoms with Gasteiger partial charge in [0.25, 0.3) is 5.91 Å². The maximum absolute atomic E-state index is 12.8. The summed E-state index contributed by atoms with van der Waals surface area (Å²) in [4.78, 5) is 31.0. The number of nitrogens with zero attached hydrogens (tertiary/aromatic N) is 2. The lowest BCUT2D eigenvalue weighted by Crippen LogP contribution is -2.44. The number of amides is 3. The van der Waals surface area contributed by atoms with E-state index in [1.54, 1.807) is 23.7 Å². The maximum atomic E-state index is 12.8. The van der Waals surface area contributed by atoms with Crippen LogP contribution in [0.25, 0.3) is 0 Å². The fraction of sp³-hybridized carbons (Fsp3) is 0.333. The number of likely N-dealkylation sites (tertiary alicyclic amines) is 1. The van der Waals surface area contributed by atoms with Crippen LogP contribution >= 0.6 is 11.8 Å². The molecule has 0 aromatic heterocycles. The average Bonchev–Trinajstić information content (AvgIpc) is 2.78. The molecular formula is C21H23N3O2S. The Labute approximate surface area is 163 Å². The van der Waals surface area contributed by atoms with Crippen molar-refractivity contribution in [2.45, 2.75) is 42.0 Å². The molecule has 2 aromatic carbocycles. The molecule has 1 fully saturated rings. The molecule has 1 N–H and O–H groups in total. The van der Waals surface area contributed by atoms with E-state index >= 15 is 0 Å². The van der Waals surface area contributed by atoms with E-state index in [0.717, 1.165) is 34.9 Å². The Balaban J connectivity index is 1.60. The third-order valence-electron chi connectivity index (χ3n) is 5.28. The van der Waals surface area contributed by atoms with Crippen molar-refractivity contribution in [3.8, 4) is 0 Å². The van der Waals surface area contributed by atoms with Gasteiger partial charge in [0.05, 0.1) is 11.3 Å². The van der Waals surface area contributed by atoms with Crippen molar-refractivity contribution >= 4 is 35.1 Å². The highest BCUT2D eigenvalue weighted by Gasteiger charge is 2.26. The van der Waals surface area contributed by atoms with Crippen LogP contribution in [-0.4, -0.2) is 36.5 Å². The highest BCUT2D eigenvalue weighted by Crippen LogP contribution is 2.41. The van der Waals surface area contributed by atoms with Crippen LogP contribution in [0.2, 0.25) is 0 Å². The van der Waals surface area contributed by atoms with Crippen LogP contribution in [0, 0.1) is 0 Å². The van der Waals surface area contributed by atoms with E-state index < -0.39 is 0 Å². The van der Waals surface area contributed by atoms with Gasteiger partial charge in [-0.25, -0.2) is 4.79 Å². The number of anilines is 2. The minimum Gasteiger partial charge on any atom is -0.322 e. The van der Waals surface area contributed by atoms with Crippen molar-refractivity contribution < 1.29 is 9.59 Å². The molecule has 3 amide bonds. The molecule has 1 unspecified atom stereocenters. The predicted octanol–water partition coefficient (Wildman–Crippen LogP) is 4.83. The molecule has 0 spiro atoms. The predicted molar refractivity (Wildman–Crippen MR) is 109 cm³/mol. The van der Waals surface area contributed by atoms with Crippen LogP contribution in [0.15, 0.2) is 52.3 Å². The Morgan fingerprint density at radius 1 is 1.15 bits per heavy atom. The maximum Gasteiger partial charge on any atom is 0.322 e.